The number of imidazole rings is 1. The molecule has 362 valence electrons. The predicted molar refractivity (Wildman–Crippen MR) is 228 cm³/mol. The standard InChI is InChI=1S/C37H56N7O17P3S/c1-4-5-6-7-8-9-10-11-12-13-14-15-16-17-28(46)65-21-20-39-27(45)18-19-40-35(49)32(48)37(2,3)23-58-64(55,56)61-63(53,54)57-22-26-31(60-62(50,51)52)30(47)36(59-26)44-25-43-29-33(38)41-24-42-34(29)44/h5-6,8-9,11-12,14-17,24-26,30-32,36,47-48H,4,7,10,13,18-23H2,1-3H3,(H,39,45)(H,40,49)(H,53,54)(H,55,56)(H2,38,41,42)(H2,50,51,52)/p-4/b6-5-,9-8-,12-11-,15-14-,17-16+/t26-,30-,31-,32+,36-/m1/s1. The van der Waals surface area contributed by atoms with Crippen molar-refractivity contribution < 1.29 is 80.5 Å². The van der Waals surface area contributed by atoms with Gasteiger partial charge in [-0.15, -0.1) is 0 Å². The summed E-state index contributed by atoms with van der Waals surface area (Å²) in [5, 5.41) is 26.1. The van der Waals surface area contributed by atoms with Gasteiger partial charge in [-0.2, -0.15) is 0 Å². The molecule has 7 atom stereocenters. The molecule has 0 spiro atoms. The van der Waals surface area contributed by atoms with Crippen molar-refractivity contribution in [2.75, 3.05) is 37.8 Å². The molecule has 2 aromatic heterocycles. The number of aliphatic hydroxyl groups excluding tert-OH is 2. The van der Waals surface area contributed by atoms with Crippen LogP contribution in [0.5, 0.6) is 0 Å². The molecule has 2 unspecified atom stereocenters. The number of aliphatic hydroxyl groups is 2. The summed E-state index contributed by atoms with van der Waals surface area (Å²) >= 11 is 0.996. The SMILES string of the molecule is CC/C=C\C/C=C\C/C=C\C/C=C\C=C\C(=O)SCCNC(=O)CCNC(=O)[C@H](O)C(C)(C)COP(=O)([O-])OP(=O)([O-])OC[C@H]1O[C@@H](n2cnc3c(N)ncnc32)[C@H](O)[C@@H]1OP(=O)([O-])[O-]. The van der Waals surface area contributed by atoms with Gasteiger partial charge in [0.1, 0.15) is 36.3 Å². The van der Waals surface area contributed by atoms with E-state index in [-0.39, 0.29) is 47.4 Å². The van der Waals surface area contributed by atoms with Crippen LogP contribution in [0.15, 0.2) is 73.4 Å². The van der Waals surface area contributed by atoms with Crippen LogP contribution >= 0.6 is 35.2 Å². The van der Waals surface area contributed by atoms with Gasteiger partial charge in [0.05, 0.1) is 27.4 Å². The average molecular weight is 992 g/mol. The molecule has 0 bridgehead atoms. The fraction of sp³-hybridized carbons (Fsp3) is 0.514. The van der Waals surface area contributed by atoms with E-state index in [2.05, 4.69) is 80.8 Å². The number of carbonyl (C=O) groups is 3. The van der Waals surface area contributed by atoms with Gasteiger partial charge in [-0.3, -0.25) is 28.1 Å². The maximum atomic E-state index is 12.6. The van der Waals surface area contributed by atoms with Gasteiger partial charge in [0.2, 0.25) is 16.9 Å². The van der Waals surface area contributed by atoms with Gasteiger partial charge >= 0.3 is 0 Å². The summed E-state index contributed by atoms with van der Waals surface area (Å²) in [5.41, 5.74) is 4.06. The van der Waals surface area contributed by atoms with E-state index < -0.39 is 84.6 Å². The first kappa shape index (κ1) is 55.6. The molecule has 2 amide bonds. The molecule has 3 heterocycles. The number of hydrogen-bond acceptors (Lipinski definition) is 22. The number of carbonyl (C=O) groups excluding carboxylic acids is 3. The zero-order valence-electron chi connectivity index (χ0n) is 35.5. The Morgan fingerprint density at radius 3 is 2.26 bits per heavy atom. The zero-order chi connectivity index (χ0) is 48.3. The summed E-state index contributed by atoms with van der Waals surface area (Å²) in [4.78, 5) is 96.5. The predicted octanol–water partition coefficient (Wildman–Crippen LogP) is 0.498. The highest BCUT2D eigenvalue weighted by Gasteiger charge is 2.47. The zero-order valence-corrected chi connectivity index (χ0v) is 39.0. The van der Waals surface area contributed by atoms with E-state index in [1.807, 2.05) is 12.2 Å². The molecule has 1 aliphatic heterocycles. The molecule has 0 aliphatic carbocycles. The minimum atomic E-state index is -5.93. The second-order valence-corrected chi connectivity index (χ2v) is 19.6. The number of amides is 2. The molecule has 2 aromatic rings. The lowest BCUT2D eigenvalue weighted by atomic mass is 9.87. The Labute approximate surface area is 378 Å². The number of ether oxygens (including phenoxy) is 1. The number of nitrogens with one attached hydrogen (secondary N) is 2. The topological polar surface area (TPSA) is 375 Å². The number of hydrogen-bond donors (Lipinski definition) is 5. The number of nitrogens with zero attached hydrogens (tertiary/aromatic N) is 4. The molecule has 0 aromatic carbocycles. The van der Waals surface area contributed by atoms with Crippen molar-refractivity contribution in [1.29, 1.82) is 0 Å². The molecule has 28 heteroatoms. The van der Waals surface area contributed by atoms with Gasteiger partial charge in [0, 0.05) is 30.7 Å². The molecule has 1 aliphatic rings. The van der Waals surface area contributed by atoms with E-state index in [1.54, 1.807) is 12.2 Å². The van der Waals surface area contributed by atoms with Crippen molar-refractivity contribution in [1.82, 2.24) is 30.2 Å². The van der Waals surface area contributed by atoms with Crippen LogP contribution in [-0.2, 0) is 50.7 Å². The molecule has 3 rings (SSSR count). The number of thioether (sulfide) groups is 1. The minimum Gasteiger partial charge on any atom is -0.790 e. The van der Waals surface area contributed by atoms with Crippen molar-refractivity contribution in [2.24, 2.45) is 5.41 Å². The Hall–Kier alpha value is -3.74. The first-order valence-corrected chi connectivity index (χ1v) is 25.2. The molecule has 0 radical (unpaired) electrons. The van der Waals surface area contributed by atoms with Gasteiger partial charge in [-0.25, -0.2) is 19.3 Å². The van der Waals surface area contributed by atoms with Crippen LogP contribution in [0.4, 0.5) is 5.82 Å². The number of aromatic nitrogens is 4. The third-order valence-electron chi connectivity index (χ3n) is 8.75. The van der Waals surface area contributed by atoms with Crippen molar-refractivity contribution in [3.8, 4) is 0 Å². The Morgan fingerprint density at radius 2 is 1.60 bits per heavy atom. The summed E-state index contributed by atoms with van der Waals surface area (Å²) in [7, 11) is -17.6. The van der Waals surface area contributed by atoms with Crippen molar-refractivity contribution >= 4 is 69.1 Å². The highest BCUT2D eigenvalue weighted by Crippen LogP contribution is 2.56. The van der Waals surface area contributed by atoms with Crippen LogP contribution < -0.4 is 35.9 Å². The third-order valence-corrected chi connectivity index (χ3v) is 12.6. The molecule has 1 fully saturated rings. The maximum Gasteiger partial charge on any atom is 0.274 e. The number of anilines is 1. The second kappa shape index (κ2) is 26.6. The average Bonchev–Trinajstić information content (AvgIpc) is 3.79. The largest absolute Gasteiger partial charge is 0.790 e. The number of fused-ring (bicyclic) bond motifs is 1. The lowest BCUT2D eigenvalue weighted by Crippen LogP contribution is -2.46. The van der Waals surface area contributed by atoms with Crippen molar-refractivity contribution in [3.63, 3.8) is 0 Å². The molecule has 1 saturated heterocycles. The van der Waals surface area contributed by atoms with Gasteiger partial charge in [-0.05, 0) is 31.8 Å². The number of nitrogen functional groups attached to an aromatic ring is 1. The lowest BCUT2D eigenvalue weighted by Gasteiger charge is -2.36. The van der Waals surface area contributed by atoms with Crippen LogP contribution in [0.1, 0.15) is 59.1 Å². The number of allylic oxidation sites excluding steroid dienone is 9. The summed E-state index contributed by atoms with van der Waals surface area (Å²) in [6.07, 6.45) is 15.1. The first-order valence-electron chi connectivity index (χ1n) is 19.8. The van der Waals surface area contributed by atoms with Crippen molar-refractivity contribution in [3.05, 3.63) is 73.4 Å². The van der Waals surface area contributed by atoms with E-state index in [1.165, 1.54) is 19.9 Å². The normalized spacial score (nSPS) is 20.9. The molecular weight excluding hydrogens is 939 g/mol. The van der Waals surface area contributed by atoms with E-state index in [0.29, 0.717) is 0 Å². The Kier molecular flexibility index (Phi) is 22.7. The van der Waals surface area contributed by atoms with E-state index in [9.17, 15) is 57.9 Å². The van der Waals surface area contributed by atoms with Gasteiger partial charge in [0.15, 0.2) is 17.7 Å². The van der Waals surface area contributed by atoms with Gasteiger partial charge in [-0.1, -0.05) is 87.2 Å². The highest BCUT2D eigenvalue weighted by molar-refractivity contribution is 8.14. The number of phosphoric ester groups is 3. The smallest absolute Gasteiger partial charge is 0.274 e. The third kappa shape index (κ3) is 19.9. The Morgan fingerprint density at radius 1 is 0.954 bits per heavy atom. The number of nitrogens with two attached hydrogens (primary N) is 1. The number of rotatable bonds is 28. The minimum absolute atomic E-state index is 0.0237. The highest BCUT2D eigenvalue weighted by atomic mass is 32.2. The summed E-state index contributed by atoms with van der Waals surface area (Å²) in [5.74, 6) is -1.29. The number of phosphoric acid groups is 3. The fourth-order valence-corrected chi connectivity index (χ4v) is 8.80. The maximum absolute atomic E-state index is 12.6. The fourth-order valence-electron chi connectivity index (χ4n) is 5.48. The van der Waals surface area contributed by atoms with Gasteiger partial charge in [0.25, 0.3) is 15.6 Å². The Balaban J connectivity index is 1.37. The van der Waals surface area contributed by atoms with Crippen LogP contribution in [0.25, 0.3) is 11.2 Å². The second-order valence-electron chi connectivity index (χ2n) is 14.5. The van der Waals surface area contributed by atoms with Crippen LogP contribution in [0.3, 0.4) is 0 Å². The van der Waals surface area contributed by atoms with Crippen LogP contribution in [0.2, 0.25) is 0 Å². The molecular formula is C37H52N7O17P3S-4. The molecule has 65 heavy (non-hydrogen) atoms. The van der Waals surface area contributed by atoms with Crippen LogP contribution in [-0.4, -0.2) is 103 Å². The van der Waals surface area contributed by atoms with Crippen molar-refractivity contribution in [2.45, 2.75) is 83.5 Å². The molecule has 6 N–H and O–H groups in total. The molecule has 0 saturated carbocycles. The van der Waals surface area contributed by atoms with Crippen LogP contribution in [0, 0.1) is 5.41 Å². The Bertz CT molecular complexity index is 2200. The summed E-state index contributed by atoms with van der Waals surface area (Å²) in [6.45, 7) is 2.12. The monoisotopic (exact) mass is 991 g/mol. The first-order chi connectivity index (χ1) is 30.6. The van der Waals surface area contributed by atoms with E-state index >= 15 is 0 Å². The van der Waals surface area contributed by atoms with E-state index in [0.717, 1.165) is 54.7 Å². The summed E-state index contributed by atoms with van der Waals surface area (Å²) < 4.78 is 60.7. The molecule has 24 nitrogen and oxygen atoms in total. The van der Waals surface area contributed by atoms with Gasteiger partial charge < -0.3 is 69.0 Å². The van der Waals surface area contributed by atoms with E-state index in [4.69, 9.17) is 10.5 Å². The summed E-state index contributed by atoms with van der Waals surface area (Å²) in [6, 6.07) is 0. The quantitative estimate of drug-likeness (QED) is 0.0255. The lowest BCUT2D eigenvalue weighted by molar-refractivity contribution is -0.347.